The van der Waals surface area contributed by atoms with Gasteiger partial charge in [-0.15, -0.1) is 32.9 Å². The third kappa shape index (κ3) is 5.94. The summed E-state index contributed by atoms with van der Waals surface area (Å²) in [5.41, 5.74) is 0.577. The first-order valence-electron chi connectivity index (χ1n) is 10.2. The molecule has 1 unspecified atom stereocenters. The highest BCUT2D eigenvalue weighted by molar-refractivity contribution is 7.99. The number of ether oxygens (including phenoxy) is 2. The van der Waals surface area contributed by atoms with Gasteiger partial charge in [0, 0.05) is 12.0 Å². The monoisotopic (exact) mass is 493 g/mol. The van der Waals surface area contributed by atoms with Gasteiger partial charge in [0.2, 0.25) is 5.91 Å². The zero-order chi connectivity index (χ0) is 22.3. The summed E-state index contributed by atoms with van der Waals surface area (Å²) in [6.45, 7) is 3.52. The van der Waals surface area contributed by atoms with Gasteiger partial charge in [-0.2, -0.15) is 0 Å². The van der Waals surface area contributed by atoms with Crippen molar-refractivity contribution in [1.82, 2.24) is 19.7 Å². The van der Waals surface area contributed by atoms with Crippen LogP contribution in [0.1, 0.15) is 25.5 Å². The SMILES string of the molecule is CCOC(=O)Cc1csc(NC(=O)CSc2nnc(-c3cccs3)n2CC2CCCO2)n1. The number of carbonyl (C=O) groups is 2. The van der Waals surface area contributed by atoms with Crippen molar-refractivity contribution in [1.29, 1.82) is 0 Å². The van der Waals surface area contributed by atoms with Crippen LogP contribution in [0.25, 0.3) is 10.7 Å². The minimum atomic E-state index is -0.335. The Balaban J connectivity index is 1.37. The van der Waals surface area contributed by atoms with Crippen molar-refractivity contribution < 1.29 is 19.1 Å². The van der Waals surface area contributed by atoms with Crippen molar-refractivity contribution in [3.05, 3.63) is 28.6 Å². The number of thioether (sulfide) groups is 1. The molecule has 0 spiro atoms. The van der Waals surface area contributed by atoms with E-state index in [9.17, 15) is 9.59 Å². The number of thiophene rings is 1. The first-order chi connectivity index (χ1) is 15.6. The van der Waals surface area contributed by atoms with Gasteiger partial charge in [0.25, 0.3) is 0 Å². The van der Waals surface area contributed by atoms with Gasteiger partial charge in [0.1, 0.15) is 0 Å². The lowest BCUT2D eigenvalue weighted by molar-refractivity contribution is -0.142. The fourth-order valence-electron chi connectivity index (χ4n) is 3.23. The lowest BCUT2D eigenvalue weighted by Crippen LogP contribution is -2.18. The number of amides is 1. The molecule has 0 saturated carbocycles. The van der Waals surface area contributed by atoms with E-state index in [1.165, 1.54) is 23.1 Å². The molecule has 3 aromatic heterocycles. The number of hydrogen-bond donors (Lipinski definition) is 1. The highest BCUT2D eigenvalue weighted by atomic mass is 32.2. The number of thiazole rings is 1. The fraction of sp³-hybridized carbons (Fsp3) is 0.450. The minimum absolute atomic E-state index is 0.0901. The van der Waals surface area contributed by atoms with Crippen LogP contribution >= 0.6 is 34.4 Å². The van der Waals surface area contributed by atoms with Crippen LogP contribution in [-0.2, 0) is 32.0 Å². The smallest absolute Gasteiger partial charge is 0.311 e. The number of aromatic nitrogens is 4. The molecule has 1 atom stereocenters. The Kier molecular flexibility index (Phi) is 7.90. The van der Waals surface area contributed by atoms with Gasteiger partial charge in [-0.25, -0.2) is 4.98 Å². The quantitative estimate of drug-likeness (QED) is 0.338. The molecule has 170 valence electrons. The van der Waals surface area contributed by atoms with Gasteiger partial charge in [-0.05, 0) is 31.2 Å². The Hall–Kier alpha value is -2.28. The second-order valence-corrected chi connectivity index (χ2v) is 9.74. The van der Waals surface area contributed by atoms with E-state index in [2.05, 4.69) is 20.5 Å². The van der Waals surface area contributed by atoms with Crippen LogP contribution in [0.15, 0.2) is 28.0 Å². The van der Waals surface area contributed by atoms with E-state index in [0.29, 0.717) is 29.1 Å². The molecule has 1 amide bonds. The number of hydrogen-bond acceptors (Lipinski definition) is 10. The number of carbonyl (C=O) groups excluding carboxylic acids is 2. The van der Waals surface area contributed by atoms with Gasteiger partial charge in [-0.1, -0.05) is 17.8 Å². The topological polar surface area (TPSA) is 108 Å². The maximum Gasteiger partial charge on any atom is 0.311 e. The van der Waals surface area contributed by atoms with Crippen LogP contribution < -0.4 is 5.32 Å². The van der Waals surface area contributed by atoms with Gasteiger partial charge in [0.05, 0.1) is 42.0 Å². The summed E-state index contributed by atoms with van der Waals surface area (Å²) in [6, 6.07) is 3.99. The number of esters is 1. The molecule has 12 heteroatoms. The van der Waals surface area contributed by atoms with Gasteiger partial charge in [-0.3, -0.25) is 14.2 Å². The summed E-state index contributed by atoms with van der Waals surface area (Å²) < 4.78 is 12.8. The van der Waals surface area contributed by atoms with Crippen LogP contribution in [0.2, 0.25) is 0 Å². The number of rotatable bonds is 10. The molecule has 1 fully saturated rings. The first-order valence-corrected chi connectivity index (χ1v) is 13.0. The van der Waals surface area contributed by atoms with Gasteiger partial charge in [0.15, 0.2) is 16.1 Å². The van der Waals surface area contributed by atoms with Crippen LogP contribution in [0.5, 0.6) is 0 Å². The average Bonchev–Trinajstić information content (AvgIpc) is 3.56. The molecule has 32 heavy (non-hydrogen) atoms. The summed E-state index contributed by atoms with van der Waals surface area (Å²) in [5.74, 6) is 0.428. The van der Waals surface area contributed by atoms with Crippen molar-refractivity contribution in [3.63, 3.8) is 0 Å². The predicted octanol–water partition coefficient (Wildman–Crippen LogP) is 3.48. The van der Waals surface area contributed by atoms with Crippen LogP contribution in [-0.4, -0.2) is 56.7 Å². The Morgan fingerprint density at radius 1 is 1.38 bits per heavy atom. The van der Waals surface area contributed by atoms with E-state index in [-0.39, 0.29) is 30.2 Å². The van der Waals surface area contributed by atoms with E-state index in [1.807, 2.05) is 22.1 Å². The van der Waals surface area contributed by atoms with Gasteiger partial charge < -0.3 is 14.8 Å². The first kappa shape index (κ1) is 22.9. The maximum absolute atomic E-state index is 12.5. The van der Waals surface area contributed by atoms with Crippen molar-refractivity contribution in [2.75, 3.05) is 24.3 Å². The van der Waals surface area contributed by atoms with Crippen LogP contribution in [0.4, 0.5) is 5.13 Å². The third-order valence-electron chi connectivity index (χ3n) is 4.63. The Labute approximate surface area is 197 Å². The molecule has 0 aliphatic carbocycles. The fourth-order valence-corrected chi connectivity index (χ4v) is 5.42. The van der Waals surface area contributed by atoms with Gasteiger partial charge >= 0.3 is 5.97 Å². The lowest BCUT2D eigenvalue weighted by atomic mass is 10.2. The zero-order valence-electron chi connectivity index (χ0n) is 17.5. The molecule has 1 aliphatic heterocycles. The van der Waals surface area contributed by atoms with Crippen molar-refractivity contribution in [2.45, 2.75) is 44.0 Å². The predicted molar refractivity (Wildman–Crippen MR) is 124 cm³/mol. The largest absolute Gasteiger partial charge is 0.466 e. The van der Waals surface area contributed by atoms with Crippen molar-refractivity contribution >= 4 is 51.4 Å². The zero-order valence-corrected chi connectivity index (χ0v) is 19.9. The maximum atomic E-state index is 12.5. The lowest BCUT2D eigenvalue weighted by Gasteiger charge is -2.14. The summed E-state index contributed by atoms with van der Waals surface area (Å²) in [7, 11) is 0. The molecule has 0 bridgehead atoms. The average molecular weight is 494 g/mol. The number of nitrogens with zero attached hydrogens (tertiary/aromatic N) is 4. The molecule has 1 N–H and O–H groups in total. The van der Waals surface area contributed by atoms with E-state index in [0.717, 1.165) is 30.2 Å². The molecule has 1 saturated heterocycles. The molecule has 9 nitrogen and oxygen atoms in total. The molecular weight excluding hydrogens is 470 g/mol. The third-order valence-corrected chi connectivity index (χ3v) is 7.27. The molecule has 1 aliphatic rings. The molecule has 4 heterocycles. The normalized spacial score (nSPS) is 15.7. The number of nitrogens with one attached hydrogen (secondary N) is 1. The van der Waals surface area contributed by atoms with E-state index >= 15 is 0 Å². The number of anilines is 1. The summed E-state index contributed by atoms with van der Waals surface area (Å²) >= 11 is 4.21. The van der Waals surface area contributed by atoms with Crippen molar-refractivity contribution in [3.8, 4) is 10.7 Å². The van der Waals surface area contributed by atoms with Crippen molar-refractivity contribution in [2.24, 2.45) is 0 Å². The Morgan fingerprint density at radius 2 is 2.28 bits per heavy atom. The summed E-state index contributed by atoms with van der Waals surface area (Å²) in [5, 5.41) is 16.4. The molecule has 3 aromatic rings. The Bertz CT molecular complexity index is 1040. The van der Waals surface area contributed by atoms with E-state index < -0.39 is 0 Å². The standard InChI is InChI=1S/C20H23N5O4S3/c1-2-28-17(27)9-13-11-31-19(21-13)22-16(26)12-32-20-24-23-18(15-6-4-8-30-15)25(20)10-14-5-3-7-29-14/h4,6,8,11,14H,2-3,5,7,9-10,12H2,1H3,(H,21,22,26). The van der Waals surface area contributed by atoms with E-state index in [1.54, 1.807) is 23.6 Å². The highest BCUT2D eigenvalue weighted by Crippen LogP contribution is 2.29. The molecule has 0 radical (unpaired) electrons. The Morgan fingerprint density at radius 3 is 3.03 bits per heavy atom. The van der Waals surface area contributed by atoms with E-state index in [4.69, 9.17) is 9.47 Å². The summed E-state index contributed by atoms with van der Waals surface area (Å²) in [6.07, 6.45) is 2.28. The molecule has 0 aromatic carbocycles. The van der Waals surface area contributed by atoms with Crippen LogP contribution in [0, 0.1) is 0 Å². The second-order valence-electron chi connectivity index (χ2n) is 6.99. The van der Waals surface area contributed by atoms with Crippen LogP contribution in [0.3, 0.4) is 0 Å². The highest BCUT2D eigenvalue weighted by Gasteiger charge is 2.22. The summed E-state index contributed by atoms with van der Waals surface area (Å²) in [4.78, 5) is 29.4. The minimum Gasteiger partial charge on any atom is -0.466 e. The molecular formula is C20H23N5O4S3. The second kappa shape index (κ2) is 11.0. The molecule has 4 rings (SSSR count).